The van der Waals surface area contributed by atoms with E-state index >= 15 is 0 Å². The molecule has 0 radical (unpaired) electrons. The third-order valence-corrected chi connectivity index (χ3v) is 3.85. The average Bonchev–Trinajstić information content (AvgIpc) is 3.08. The number of aromatic amines is 1. The summed E-state index contributed by atoms with van der Waals surface area (Å²) in [5, 5.41) is 4.70. The highest BCUT2D eigenvalue weighted by molar-refractivity contribution is 5.78. The summed E-state index contributed by atoms with van der Waals surface area (Å²) in [6.45, 7) is 1.22. The molecular weight excluding hydrogens is 220 g/mol. The van der Waals surface area contributed by atoms with Crippen LogP contribution in [0, 0.1) is 5.92 Å². The molecule has 1 aromatic heterocycles. The zero-order chi connectivity index (χ0) is 12.2. The molecule has 2 nitrogen and oxygen atoms in total. The molecule has 1 saturated heterocycles. The Morgan fingerprint density at radius 2 is 2.00 bits per heavy atom. The fourth-order valence-corrected chi connectivity index (χ4v) is 2.85. The normalized spacial score (nSPS) is 21.6. The molecule has 4 rings (SSSR count). The van der Waals surface area contributed by atoms with Crippen LogP contribution in [0.2, 0.25) is 0 Å². The standard InChI is InChI=1S/C8H13N.C8H7N/c2*1-2-4-8-7(3-1)5-6-9-8/h4,7,9H,1-3,5-6H2;1-6,9H. The lowest BCUT2D eigenvalue weighted by Gasteiger charge is -2.15. The number of H-pyrrole nitrogens is 1. The van der Waals surface area contributed by atoms with Crippen LogP contribution in [0.15, 0.2) is 48.3 Å². The first-order valence-corrected chi connectivity index (χ1v) is 6.89. The molecule has 2 N–H and O–H groups in total. The number of hydrogen-bond donors (Lipinski definition) is 2. The number of nitrogens with one attached hydrogen (secondary N) is 2. The summed E-state index contributed by atoms with van der Waals surface area (Å²) in [6, 6.07) is 10.3. The summed E-state index contributed by atoms with van der Waals surface area (Å²) in [5.41, 5.74) is 2.75. The van der Waals surface area contributed by atoms with Gasteiger partial charge in [0.15, 0.2) is 0 Å². The lowest BCUT2D eigenvalue weighted by Crippen LogP contribution is -2.09. The Morgan fingerprint density at radius 3 is 2.89 bits per heavy atom. The van der Waals surface area contributed by atoms with Crippen molar-refractivity contribution in [3.8, 4) is 0 Å². The van der Waals surface area contributed by atoms with E-state index in [1.807, 2.05) is 18.3 Å². The van der Waals surface area contributed by atoms with Crippen molar-refractivity contribution in [3.05, 3.63) is 48.3 Å². The lowest BCUT2D eigenvalue weighted by atomic mass is 9.93. The number of fused-ring (bicyclic) bond motifs is 2. The van der Waals surface area contributed by atoms with Crippen molar-refractivity contribution in [2.24, 2.45) is 5.92 Å². The Bertz CT molecular complexity index is 509. The molecule has 2 aliphatic rings. The van der Waals surface area contributed by atoms with Crippen LogP contribution in [0.5, 0.6) is 0 Å². The van der Waals surface area contributed by atoms with E-state index in [0.717, 1.165) is 5.92 Å². The van der Waals surface area contributed by atoms with Crippen molar-refractivity contribution in [1.29, 1.82) is 0 Å². The summed E-state index contributed by atoms with van der Waals surface area (Å²) >= 11 is 0. The molecule has 0 amide bonds. The Hall–Kier alpha value is -1.70. The summed E-state index contributed by atoms with van der Waals surface area (Å²) in [6.07, 6.45) is 9.85. The zero-order valence-electron chi connectivity index (χ0n) is 10.7. The lowest BCUT2D eigenvalue weighted by molar-refractivity contribution is 0.530. The van der Waals surface area contributed by atoms with Gasteiger partial charge in [-0.3, -0.25) is 0 Å². The monoisotopic (exact) mass is 240 g/mol. The number of aromatic nitrogens is 1. The first kappa shape index (κ1) is 11.4. The zero-order valence-corrected chi connectivity index (χ0v) is 10.7. The molecule has 2 heterocycles. The molecule has 1 aromatic carbocycles. The molecule has 2 aromatic rings. The number of para-hydroxylation sites is 1. The fraction of sp³-hybridized carbons (Fsp3) is 0.375. The van der Waals surface area contributed by atoms with Crippen LogP contribution < -0.4 is 5.32 Å². The minimum atomic E-state index is 0.916. The van der Waals surface area contributed by atoms with E-state index in [1.54, 1.807) is 5.70 Å². The van der Waals surface area contributed by atoms with Gasteiger partial charge in [0.1, 0.15) is 0 Å². The molecule has 2 heteroatoms. The van der Waals surface area contributed by atoms with Gasteiger partial charge in [-0.05, 0) is 49.1 Å². The first-order chi connectivity index (χ1) is 8.93. The van der Waals surface area contributed by atoms with Crippen LogP contribution >= 0.6 is 0 Å². The molecule has 1 unspecified atom stereocenters. The van der Waals surface area contributed by atoms with Crippen molar-refractivity contribution in [2.75, 3.05) is 6.54 Å². The molecule has 94 valence electrons. The third-order valence-electron chi connectivity index (χ3n) is 3.85. The Kier molecular flexibility index (Phi) is 3.35. The second-order valence-corrected chi connectivity index (χ2v) is 5.07. The smallest absolute Gasteiger partial charge is 0.0453 e. The number of rotatable bonds is 0. The van der Waals surface area contributed by atoms with Crippen LogP contribution in [0.3, 0.4) is 0 Å². The molecule has 1 fully saturated rings. The van der Waals surface area contributed by atoms with E-state index in [1.165, 1.54) is 43.1 Å². The number of hydrogen-bond acceptors (Lipinski definition) is 1. The van der Waals surface area contributed by atoms with Gasteiger partial charge >= 0.3 is 0 Å². The van der Waals surface area contributed by atoms with Gasteiger partial charge in [0.2, 0.25) is 0 Å². The summed E-state index contributed by atoms with van der Waals surface area (Å²) in [7, 11) is 0. The maximum absolute atomic E-state index is 3.42. The van der Waals surface area contributed by atoms with Gasteiger partial charge in [-0.15, -0.1) is 0 Å². The molecule has 0 spiro atoms. The average molecular weight is 240 g/mol. The van der Waals surface area contributed by atoms with E-state index in [-0.39, 0.29) is 0 Å². The van der Waals surface area contributed by atoms with Crippen molar-refractivity contribution in [2.45, 2.75) is 25.7 Å². The molecule has 1 aliphatic carbocycles. The molecule has 0 bridgehead atoms. The maximum Gasteiger partial charge on any atom is 0.0453 e. The Labute approximate surface area is 108 Å². The van der Waals surface area contributed by atoms with Gasteiger partial charge in [-0.25, -0.2) is 0 Å². The van der Waals surface area contributed by atoms with Crippen molar-refractivity contribution >= 4 is 10.9 Å². The number of allylic oxidation sites excluding steroid dienone is 2. The highest BCUT2D eigenvalue weighted by atomic mass is 14.9. The summed E-state index contributed by atoms with van der Waals surface area (Å²) in [5.74, 6) is 0.916. The van der Waals surface area contributed by atoms with E-state index < -0.39 is 0 Å². The summed E-state index contributed by atoms with van der Waals surface area (Å²) in [4.78, 5) is 3.12. The van der Waals surface area contributed by atoms with E-state index in [0.29, 0.717) is 0 Å². The van der Waals surface area contributed by atoms with Gasteiger partial charge < -0.3 is 10.3 Å². The SMILES string of the molecule is C1=C2NCCC2CCC1.c1ccc2[nH]ccc2c1. The highest BCUT2D eigenvalue weighted by Crippen LogP contribution is 2.29. The quantitative estimate of drug-likeness (QED) is 0.719. The van der Waals surface area contributed by atoms with Crippen molar-refractivity contribution in [1.82, 2.24) is 10.3 Å². The second kappa shape index (κ2) is 5.30. The summed E-state index contributed by atoms with van der Waals surface area (Å²) < 4.78 is 0. The van der Waals surface area contributed by atoms with Gasteiger partial charge in [-0.2, -0.15) is 0 Å². The topological polar surface area (TPSA) is 27.8 Å². The highest BCUT2D eigenvalue weighted by Gasteiger charge is 2.21. The molecule has 0 saturated carbocycles. The van der Waals surface area contributed by atoms with Gasteiger partial charge in [0.05, 0.1) is 0 Å². The molecule has 1 atom stereocenters. The van der Waals surface area contributed by atoms with Crippen molar-refractivity contribution in [3.63, 3.8) is 0 Å². The second-order valence-electron chi connectivity index (χ2n) is 5.07. The minimum Gasteiger partial charge on any atom is -0.388 e. The maximum atomic E-state index is 3.42. The van der Waals surface area contributed by atoms with Crippen LogP contribution in [0.4, 0.5) is 0 Å². The fourth-order valence-electron chi connectivity index (χ4n) is 2.85. The first-order valence-electron chi connectivity index (χ1n) is 6.89. The predicted octanol–water partition coefficient (Wildman–Crippen LogP) is 3.83. The van der Waals surface area contributed by atoms with E-state index in [9.17, 15) is 0 Å². The molecular formula is C16H20N2. The Morgan fingerprint density at radius 1 is 1.06 bits per heavy atom. The minimum absolute atomic E-state index is 0.916. The van der Waals surface area contributed by atoms with Crippen LogP contribution in [-0.2, 0) is 0 Å². The van der Waals surface area contributed by atoms with Crippen molar-refractivity contribution < 1.29 is 0 Å². The van der Waals surface area contributed by atoms with Gasteiger partial charge in [-0.1, -0.05) is 24.3 Å². The van der Waals surface area contributed by atoms with E-state index in [2.05, 4.69) is 34.6 Å². The largest absolute Gasteiger partial charge is 0.388 e. The van der Waals surface area contributed by atoms with Crippen LogP contribution in [-0.4, -0.2) is 11.5 Å². The van der Waals surface area contributed by atoms with Crippen LogP contribution in [0.25, 0.3) is 10.9 Å². The Balaban J connectivity index is 0.000000111. The predicted molar refractivity (Wildman–Crippen MR) is 76.3 cm³/mol. The van der Waals surface area contributed by atoms with Gasteiger partial charge in [0, 0.05) is 24.0 Å². The third kappa shape index (κ3) is 2.42. The van der Waals surface area contributed by atoms with E-state index in [4.69, 9.17) is 0 Å². The van der Waals surface area contributed by atoms with Crippen LogP contribution in [0.1, 0.15) is 25.7 Å². The number of benzene rings is 1. The molecule has 18 heavy (non-hydrogen) atoms. The molecule has 1 aliphatic heterocycles. The van der Waals surface area contributed by atoms with Gasteiger partial charge in [0.25, 0.3) is 0 Å².